The molecular formula is C60H113N5O17. The lowest BCUT2D eigenvalue weighted by Gasteiger charge is -2.17. The summed E-state index contributed by atoms with van der Waals surface area (Å²) in [4.78, 5) is 89.7. The maximum absolute atomic E-state index is 11.8. The fraction of sp³-hybridized carbons (Fsp3) is 0.817. The quantitative estimate of drug-likeness (QED) is 0.0306. The molecule has 0 aliphatic heterocycles. The van der Waals surface area contributed by atoms with E-state index in [1.807, 2.05) is 89.3 Å². The molecule has 0 radical (unpaired) electrons. The van der Waals surface area contributed by atoms with E-state index in [1.165, 1.54) is 34.3 Å². The number of methoxy groups -OCH3 is 4. The molecule has 22 nitrogen and oxygen atoms in total. The zero-order chi connectivity index (χ0) is 65.1. The maximum atomic E-state index is 11.8. The van der Waals surface area contributed by atoms with Crippen LogP contribution < -0.4 is 0 Å². The largest absolute Gasteiger partial charge is 0.457 e. The SMILES string of the molecule is CC(C=NC(C)(C)C)OC(=O)C(C)OC(=O)C(C)C.COC(C)C(=O)OCC(=O)OCC=NC(C)(C)C.COC(C)COC(C)C=NC(C)(C)C.COCC(=O)OC(C)C(=O)CC(C)C=NC(C)(C)C.COCCOCC=NC(C)(C)C. The van der Waals surface area contributed by atoms with Gasteiger partial charge in [-0.3, -0.25) is 34.6 Å². The van der Waals surface area contributed by atoms with E-state index in [4.69, 9.17) is 42.6 Å². The highest BCUT2D eigenvalue weighted by Gasteiger charge is 2.23. The average molecular weight is 1180 g/mol. The molecule has 0 amide bonds. The summed E-state index contributed by atoms with van der Waals surface area (Å²) in [6.07, 6.45) is 6.22. The monoisotopic (exact) mass is 1180 g/mol. The molecule has 0 spiro atoms. The number of hydrogen-bond donors (Lipinski definition) is 0. The van der Waals surface area contributed by atoms with E-state index in [-0.39, 0.29) is 70.7 Å². The van der Waals surface area contributed by atoms with E-state index in [0.717, 1.165) is 0 Å². The Morgan fingerprint density at radius 2 is 0.915 bits per heavy atom. The summed E-state index contributed by atoms with van der Waals surface area (Å²) in [6, 6.07) is 0. The molecule has 0 aromatic carbocycles. The van der Waals surface area contributed by atoms with Crippen molar-refractivity contribution in [3.8, 4) is 0 Å². The van der Waals surface area contributed by atoms with Crippen molar-refractivity contribution >= 4 is 66.7 Å². The zero-order valence-corrected chi connectivity index (χ0v) is 55.8. The smallest absolute Gasteiger partial charge is 0.347 e. The van der Waals surface area contributed by atoms with E-state index in [1.54, 1.807) is 60.6 Å². The number of ketones is 1. The lowest BCUT2D eigenvalue weighted by Crippen LogP contribution is -2.31. The number of carbonyl (C=O) groups excluding carboxylic acids is 6. The molecule has 480 valence electrons. The molecule has 0 aliphatic rings. The Hall–Kier alpha value is -4.87. The third-order valence-electron chi connectivity index (χ3n) is 8.92. The van der Waals surface area contributed by atoms with Crippen molar-refractivity contribution in [2.45, 2.75) is 237 Å². The Morgan fingerprint density at radius 3 is 1.35 bits per heavy atom. The second-order valence-corrected chi connectivity index (χ2v) is 24.2. The van der Waals surface area contributed by atoms with Crippen LogP contribution >= 0.6 is 0 Å². The predicted molar refractivity (Wildman–Crippen MR) is 326 cm³/mol. The third-order valence-corrected chi connectivity index (χ3v) is 8.92. The van der Waals surface area contributed by atoms with Crippen molar-refractivity contribution in [2.75, 3.05) is 74.7 Å². The summed E-state index contributed by atoms with van der Waals surface area (Å²) >= 11 is 0. The van der Waals surface area contributed by atoms with Gasteiger partial charge in [0.25, 0.3) is 0 Å². The van der Waals surface area contributed by atoms with Crippen LogP contribution in [0.2, 0.25) is 0 Å². The third kappa shape index (κ3) is 65.9. The highest BCUT2D eigenvalue weighted by atomic mass is 16.6. The summed E-state index contributed by atoms with van der Waals surface area (Å²) in [5.41, 5.74) is -0.577. The van der Waals surface area contributed by atoms with Gasteiger partial charge in [0, 0.05) is 65.9 Å². The van der Waals surface area contributed by atoms with Crippen LogP contribution in [0, 0.1) is 11.8 Å². The van der Waals surface area contributed by atoms with Crippen LogP contribution in [0.5, 0.6) is 0 Å². The number of nitrogens with zero attached hydrogens (tertiary/aromatic N) is 5. The fourth-order valence-corrected chi connectivity index (χ4v) is 4.44. The average Bonchev–Trinajstić information content (AvgIpc) is 3.34. The van der Waals surface area contributed by atoms with Gasteiger partial charge < -0.3 is 52.1 Å². The zero-order valence-electron chi connectivity index (χ0n) is 55.8. The van der Waals surface area contributed by atoms with Crippen LogP contribution in [0.3, 0.4) is 0 Å². The molecule has 0 saturated heterocycles. The summed E-state index contributed by atoms with van der Waals surface area (Å²) in [5.74, 6) is -3.09. The summed E-state index contributed by atoms with van der Waals surface area (Å²) in [7, 11) is 6.13. The molecule has 0 rings (SSSR count). The normalized spacial score (nSPS) is 14.8. The summed E-state index contributed by atoms with van der Waals surface area (Å²) in [5, 5.41) is 0. The van der Waals surface area contributed by atoms with Gasteiger partial charge in [0.2, 0.25) is 0 Å². The first-order valence-corrected chi connectivity index (χ1v) is 27.8. The van der Waals surface area contributed by atoms with Gasteiger partial charge in [0.05, 0.1) is 72.2 Å². The molecule has 0 fully saturated rings. The first kappa shape index (κ1) is 85.9. The molecule has 22 heteroatoms. The highest BCUT2D eigenvalue weighted by Crippen LogP contribution is 2.12. The molecule has 0 heterocycles. The number of ether oxygens (including phenoxy) is 11. The van der Waals surface area contributed by atoms with E-state index in [2.05, 4.69) is 76.0 Å². The minimum absolute atomic E-state index is 0.00458. The number of hydrogen-bond acceptors (Lipinski definition) is 22. The summed E-state index contributed by atoms with van der Waals surface area (Å²) in [6.45, 7) is 47.5. The predicted octanol–water partition coefficient (Wildman–Crippen LogP) is 9.20. The van der Waals surface area contributed by atoms with Gasteiger partial charge in [-0.2, -0.15) is 0 Å². The molecular weight excluding hydrogens is 1060 g/mol. The minimum Gasteiger partial charge on any atom is -0.457 e. The first-order chi connectivity index (χ1) is 37.3. The van der Waals surface area contributed by atoms with Gasteiger partial charge in [-0.25, -0.2) is 19.2 Å². The number of Topliss-reactive ketones (excluding diaryl/α,β-unsaturated/α-hetero) is 1. The van der Waals surface area contributed by atoms with Crippen molar-refractivity contribution in [1.29, 1.82) is 0 Å². The lowest BCUT2D eigenvalue weighted by atomic mass is 10.0. The van der Waals surface area contributed by atoms with Crippen molar-refractivity contribution in [3.05, 3.63) is 0 Å². The molecule has 0 N–H and O–H groups in total. The van der Waals surface area contributed by atoms with Gasteiger partial charge in [0.1, 0.15) is 19.3 Å². The Morgan fingerprint density at radius 1 is 0.439 bits per heavy atom. The number of rotatable bonds is 28. The van der Waals surface area contributed by atoms with Crippen molar-refractivity contribution in [1.82, 2.24) is 0 Å². The fourth-order valence-electron chi connectivity index (χ4n) is 4.44. The number of esters is 5. The molecule has 7 atom stereocenters. The van der Waals surface area contributed by atoms with Crippen LogP contribution in [0.15, 0.2) is 25.0 Å². The van der Waals surface area contributed by atoms with Crippen LogP contribution in [0.1, 0.15) is 173 Å². The van der Waals surface area contributed by atoms with Crippen molar-refractivity contribution < 1.29 is 80.9 Å². The Kier molecular flexibility index (Phi) is 48.7. The van der Waals surface area contributed by atoms with Gasteiger partial charge in [-0.1, -0.05) is 20.8 Å². The van der Waals surface area contributed by atoms with E-state index in [9.17, 15) is 28.8 Å². The van der Waals surface area contributed by atoms with Crippen LogP contribution in [-0.2, 0) is 80.9 Å². The number of aliphatic imine (C=N–C) groups is 5. The standard InChI is InChI=1S/2C14H25NO4.C12H21NO5.C11H23NO2.C9H19NO2/c1-10(8-15-14(3,4)5)7-12(16)11(2)19-13(17)9-18-6;1-9(2)12(16)19-11(4)13(17)18-10(3)8-15-14(5,6)7;1-9(16-5)11(15)18-8-10(14)17-7-6-13-12(2,3)4;1-9(7-12-11(3,4)5)14-8-10(2)13-6;1-9(2,3)10-5-6-12-8-7-11-4/h8,10-11H,7,9H2,1-6H3;8-11H,1-7H3;6,9H,7-8H2,1-5H3;7,9-10H,8H2,1-6H3;5H,6-8H2,1-4H3. The highest BCUT2D eigenvalue weighted by molar-refractivity contribution is 5.87. The molecule has 82 heavy (non-hydrogen) atoms. The maximum Gasteiger partial charge on any atom is 0.347 e. The number of carbonyl (C=O) groups is 6. The van der Waals surface area contributed by atoms with Crippen LogP contribution in [0.25, 0.3) is 0 Å². The van der Waals surface area contributed by atoms with Gasteiger partial charge in [-0.15, -0.1) is 0 Å². The second-order valence-electron chi connectivity index (χ2n) is 24.2. The second kappa shape index (κ2) is 46.5. The van der Waals surface area contributed by atoms with Crippen molar-refractivity contribution in [3.63, 3.8) is 0 Å². The molecule has 0 saturated carbocycles. The Bertz CT molecular complexity index is 1890. The van der Waals surface area contributed by atoms with Gasteiger partial charge in [-0.05, 0) is 151 Å². The van der Waals surface area contributed by atoms with Crippen molar-refractivity contribution in [2.24, 2.45) is 36.8 Å². The Labute approximate surface area is 494 Å². The van der Waals surface area contributed by atoms with Crippen LogP contribution in [0.4, 0.5) is 0 Å². The lowest BCUT2D eigenvalue weighted by molar-refractivity contribution is -0.169. The van der Waals surface area contributed by atoms with Gasteiger partial charge >= 0.3 is 29.8 Å². The Balaban J connectivity index is -0.000000304. The minimum atomic E-state index is -0.902. The topological polar surface area (TPSA) is 266 Å². The molecule has 0 aromatic heterocycles. The van der Waals surface area contributed by atoms with E-state index >= 15 is 0 Å². The van der Waals surface area contributed by atoms with E-state index in [0.29, 0.717) is 32.8 Å². The summed E-state index contributed by atoms with van der Waals surface area (Å²) < 4.78 is 54.5. The first-order valence-electron chi connectivity index (χ1n) is 27.8. The molecule has 7 unspecified atom stereocenters. The molecule has 0 aromatic rings. The van der Waals surface area contributed by atoms with Gasteiger partial charge in [0.15, 0.2) is 30.7 Å². The van der Waals surface area contributed by atoms with E-state index < -0.39 is 60.9 Å². The molecule has 0 aliphatic carbocycles. The van der Waals surface area contributed by atoms with Crippen LogP contribution in [-0.4, -0.2) is 206 Å². The molecule has 0 bridgehead atoms.